The highest BCUT2D eigenvalue weighted by Crippen LogP contribution is 2.23. The Kier molecular flexibility index (Phi) is 5.99. The van der Waals surface area contributed by atoms with Crippen molar-refractivity contribution in [3.05, 3.63) is 59.7 Å². The summed E-state index contributed by atoms with van der Waals surface area (Å²) in [6.45, 7) is 4.02. The van der Waals surface area contributed by atoms with E-state index in [1.165, 1.54) is 18.4 Å². The second-order valence-corrected chi connectivity index (χ2v) is 9.49. The van der Waals surface area contributed by atoms with Crippen LogP contribution in [0.5, 0.6) is 0 Å². The highest BCUT2D eigenvalue weighted by Gasteiger charge is 2.22. The number of carbonyl (C=O) groups excluding carboxylic acids is 1. The fourth-order valence-corrected chi connectivity index (χ4v) is 5.05. The first-order chi connectivity index (χ1) is 14.0. The molecule has 2 aliphatic heterocycles. The summed E-state index contributed by atoms with van der Waals surface area (Å²) < 4.78 is 28.2. The van der Waals surface area contributed by atoms with Gasteiger partial charge in [0.2, 0.25) is 15.9 Å². The molecule has 2 aromatic carbocycles. The summed E-state index contributed by atoms with van der Waals surface area (Å²) in [5, 5.41) is 0. The lowest BCUT2D eigenvalue weighted by Gasteiger charge is -2.18. The number of anilines is 1. The van der Waals surface area contributed by atoms with E-state index in [1.54, 1.807) is 29.2 Å². The maximum absolute atomic E-state index is 12.8. The van der Waals surface area contributed by atoms with Gasteiger partial charge in [0, 0.05) is 31.7 Å². The zero-order valence-corrected chi connectivity index (χ0v) is 17.3. The first-order valence-corrected chi connectivity index (χ1v) is 11.7. The number of hydrogen-bond donors (Lipinski definition) is 1. The van der Waals surface area contributed by atoms with E-state index in [-0.39, 0.29) is 17.3 Å². The summed E-state index contributed by atoms with van der Waals surface area (Å²) in [5.41, 5.74) is 2.92. The second-order valence-electron chi connectivity index (χ2n) is 7.72. The molecule has 2 fully saturated rings. The predicted octanol–water partition coefficient (Wildman–Crippen LogP) is 2.89. The number of nitrogens with one attached hydrogen (secondary N) is 1. The molecule has 154 valence electrons. The predicted molar refractivity (Wildman–Crippen MR) is 113 cm³/mol. The first kappa shape index (κ1) is 20.1. The Labute approximate surface area is 172 Å². The maximum Gasteiger partial charge on any atom is 0.240 e. The minimum atomic E-state index is -3.62. The van der Waals surface area contributed by atoms with E-state index in [1.807, 2.05) is 18.2 Å². The quantitative estimate of drug-likeness (QED) is 0.758. The molecule has 6 nitrogen and oxygen atoms in total. The molecule has 0 bridgehead atoms. The molecule has 2 aliphatic rings. The van der Waals surface area contributed by atoms with Gasteiger partial charge in [-0.05, 0) is 67.7 Å². The van der Waals surface area contributed by atoms with Crippen LogP contribution in [0.1, 0.15) is 36.8 Å². The zero-order chi connectivity index (χ0) is 20.3. The van der Waals surface area contributed by atoms with Crippen molar-refractivity contribution in [1.29, 1.82) is 0 Å². The Morgan fingerprint density at radius 1 is 0.862 bits per heavy atom. The van der Waals surface area contributed by atoms with E-state index in [0.717, 1.165) is 37.3 Å². The van der Waals surface area contributed by atoms with Crippen LogP contribution in [0.25, 0.3) is 0 Å². The molecule has 0 aliphatic carbocycles. The number of nitrogens with zero attached hydrogens (tertiary/aromatic N) is 2. The lowest BCUT2D eigenvalue weighted by molar-refractivity contribution is -0.117. The fourth-order valence-electron chi connectivity index (χ4n) is 4.05. The van der Waals surface area contributed by atoms with E-state index in [0.29, 0.717) is 13.0 Å². The molecule has 0 aromatic heterocycles. The van der Waals surface area contributed by atoms with Gasteiger partial charge in [-0.3, -0.25) is 9.69 Å². The molecule has 0 saturated carbocycles. The largest absolute Gasteiger partial charge is 0.312 e. The number of amides is 1. The Morgan fingerprint density at radius 2 is 1.55 bits per heavy atom. The third kappa shape index (κ3) is 4.69. The van der Waals surface area contributed by atoms with Gasteiger partial charge in [-0.2, -0.15) is 0 Å². The molecule has 0 unspecified atom stereocenters. The zero-order valence-electron chi connectivity index (χ0n) is 16.5. The van der Waals surface area contributed by atoms with Crippen LogP contribution in [0.2, 0.25) is 0 Å². The number of rotatable bonds is 7. The monoisotopic (exact) mass is 413 g/mol. The molecule has 2 heterocycles. The van der Waals surface area contributed by atoms with Crippen LogP contribution >= 0.6 is 0 Å². The molecule has 0 spiro atoms. The lowest BCUT2D eigenvalue weighted by Crippen LogP contribution is -2.26. The third-order valence-corrected chi connectivity index (χ3v) is 7.11. The second kappa shape index (κ2) is 8.65. The molecule has 4 rings (SSSR count). The molecular formula is C22H27N3O3S. The Morgan fingerprint density at radius 3 is 2.21 bits per heavy atom. The van der Waals surface area contributed by atoms with Crippen molar-refractivity contribution in [3.8, 4) is 0 Å². The third-order valence-electron chi connectivity index (χ3n) is 5.70. The van der Waals surface area contributed by atoms with Crippen LogP contribution in [0.4, 0.5) is 5.69 Å². The summed E-state index contributed by atoms with van der Waals surface area (Å²) >= 11 is 0. The molecule has 2 aromatic rings. The highest BCUT2D eigenvalue weighted by atomic mass is 32.2. The van der Waals surface area contributed by atoms with Crippen molar-refractivity contribution in [2.45, 2.75) is 43.7 Å². The van der Waals surface area contributed by atoms with Crippen molar-refractivity contribution >= 4 is 21.6 Å². The van der Waals surface area contributed by atoms with Gasteiger partial charge in [0.1, 0.15) is 0 Å². The number of sulfonamides is 1. The van der Waals surface area contributed by atoms with Crippen LogP contribution in [-0.4, -0.2) is 38.9 Å². The van der Waals surface area contributed by atoms with E-state index in [9.17, 15) is 13.2 Å². The van der Waals surface area contributed by atoms with Gasteiger partial charge in [-0.15, -0.1) is 0 Å². The van der Waals surface area contributed by atoms with Crippen LogP contribution in [0, 0.1) is 0 Å². The van der Waals surface area contributed by atoms with E-state index in [2.05, 4.69) is 15.7 Å². The summed E-state index contributed by atoms with van der Waals surface area (Å²) in [6, 6.07) is 14.6. The maximum atomic E-state index is 12.8. The van der Waals surface area contributed by atoms with Crippen molar-refractivity contribution < 1.29 is 13.2 Å². The number of carbonyl (C=O) groups is 1. The van der Waals surface area contributed by atoms with Crippen LogP contribution in [0.15, 0.2) is 53.4 Å². The number of hydrogen-bond acceptors (Lipinski definition) is 4. The SMILES string of the molecule is O=C1CCCN1c1ccc(S(=O)(=O)NCc2ccccc2CN2CCCC2)cc1. The molecule has 0 atom stereocenters. The van der Waals surface area contributed by atoms with E-state index in [4.69, 9.17) is 0 Å². The summed E-state index contributed by atoms with van der Waals surface area (Å²) in [4.78, 5) is 16.2. The molecule has 2 saturated heterocycles. The molecule has 1 N–H and O–H groups in total. The van der Waals surface area contributed by atoms with Crippen LogP contribution < -0.4 is 9.62 Å². The van der Waals surface area contributed by atoms with Crippen LogP contribution in [0.3, 0.4) is 0 Å². The van der Waals surface area contributed by atoms with Crippen LogP contribution in [-0.2, 0) is 27.9 Å². The molecule has 1 amide bonds. The highest BCUT2D eigenvalue weighted by molar-refractivity contribution is 7.89. The summed E-state index contributed by atoms with van der Waals surface area (Å²) in [7, 11) is -3.62. The fraction of sp³-hybridized carbons (Fsp3) is 0.409. The Balaban J connectivity index is 1.43. The lowest BCUT2D eigenvalue weighted by atomic mass is 10.1. The Hall–Kier alpha value is -2.22. The smallest absolute Gasteiger partial charge is 0.240 e. The molecule has 0 radical (unpaired) electrons. The first-order valence-electron chi connectivity index (χ1n) is 10.2. The molecule has 7 heteroatoms. The molecular weight excluding hydrogens is 386 g/mol. The normalized spacial score (nSPS) is 17.9. The standard InChI is InChI=1S/C22H27N3O3S/c26-22-8-5-15-25(22)20-9-11-21(12-10-20)29(27,28)23-16-18-6-1-2-7-19(18)17-24-13-3-4-14-24/h1-2,6-7,9-12,23H,3-5,8,13-17H2. The van der Waals surface area contributed by atoms with Crippen molar-refractivity contribution in [2.24, 2.45) is 0 Å². The van der Waals surface area contributed by atoms with Gasteiger partial charge in [-0.1, -0.05) is 24.3 Å². The molecule has 29 heavy (non-hydrogen) atoms. The van der Waals surface area contributed by atoms with Gasteiger partial charge >= 0.3 is 0 Å². The van der Waals surface area contributed by atoms with Gasteiger partial charge in [0.15, 0.2) is 0 Å². The summed E-state index contributed by atoms with van der Waals surface area (Å²) in [6.07, 6.45) is 3.86. The number of likely N-dealkylation sites (tertiary alicyclic amines) is 1. The average Bonchev–Trinajstić information content (AvgIpc) is 3.39. The minimum absolute atomic E-state index is 0.0911. The van der Waals surface area contributed by atoms with Gasteiger partial charge in [0.25, 0.3) is 0 Å². The average molecular weight is 414 g/mol. The summed E-state index contributed by atoms with van der Waals surface area (Å²) in [5.74, 6) is 0.0911. The topological polar surface area (TPSA) is 69.7 Å². The number of benzene rings is 2. The van der Waals surface area contributed by atoms with E-state index >= 15 is 0 Å². The van der Waals surface area contributed by atoms with Crippen molar-refractivity contribution in [2.75, 3.05) is 24.5 Å². The minimum Gasteiger partial charge on any atom is -0.312 e. The van der Waals surface area contributed by atoms with E-state index < -0.39 is 10.0 Å². The van der Waals surface area contributed by atoms with Gasteiger partial charge in [-0.25, -0.2) is 13.1 Å². The van der Waals surface area contributed by atoms with Crippen molar-refractivity contribution in [1.82, 2.24) is 9.62 Å². The van der Waals surface area contributed by atoms with Gasteiger partial charge in [0.05, 0.1) is 4.90 Å². The van der Waals surface area contributed by atoms with Crippen molar-refractivity contribution in [3.63, 3.8) is 0 Å². The Bertz CT molecular complexity index is 967. The van der Waals surface area contributed by atoms with Gasteiger partial charge < -0.3 is 4.90 Å².